The standard InChI is InChI=1S/C17H21NO4/c1-12(9-14(19)15-3-2-6-20-15)18-11-13-4-5-16-17(10-13)22-8-7-21-16/h2-6,10,12,14,18-19H,7-9,11H2,1H3. The number of benzene rings is 1. The summed E-state index contributed by atoms with van der Waals surface area (Å²) >= 11 is 0. The first kappa shape index (κ1) is 14.9. The number of fused-ring (bicyclic) bond motifs is 1. The molecule has 118 valence electrons. The first-order chi connectivity index (χ1) is 10.7. The average Bonchev–Trinajstić information content (AvgIpc) is 3.07. The summed E-state index contributed by atoms with van der Waals surface area (Å²) in [5, 5.41) is 13.5. The van der Waals surface area contributed by atoms with Crippen LogP contribution < -0.4 is 14.8 Å². The molecule has 22 heavy (non-hydrogen) atoms. The van der Waals surface area contributed by atoms with Gasteiger partial charge in [-0.1, -0.05) is 6.07 Å². The zero-order valence-corrected chi connectivity index (χ0v) is 12.6. The van der Waals surface area contributed by atoms with E-state index in [1.54, 1.807) is 18.4 Å². The number of rotatable bonds is 6. The van der Waals surface area contributed by atoms with Crippen LogP contribution in [0, 0.1) is 0 Å². The second-order valence-corrected chi connectivity index (χ2v) is 5.53. The number of hydrogen-bond donors (Lipinski definition) is 2. The average molecular weight is 303 g/mol. The van der Waals surface area contributed by atoms with E-state index in [1.807, 2.05) is 25.1 Å². The van der Waals surface area contributed by atoms with Gasteiger partial charge in [-0.05, 0) is 43.2 Å². The van der Waals surface area contributed by atoms with Crippen molar-refractivity contribution in [1.82, 2.24) is 5.32 Å². The van der Waals surface area contributed by atoms with Crippen LogP contribution in [0.15, 0.2) is 41.0 Å². The molecule has 1 aliphatic rings. The maximum absolute atomic E-state index is 10.1. The number of ether oxygens (including phenoxy) is 2. The van der Waals surface area contributed by atoms with Crippen molar-refractivity contribution in [3.63, 3.8) is 0 Å². The molecule has 0 bridgehead atoms. The lowest BCUT2D eigenvalue weighted by atomic mass is 10.1. The normalized spacial score (nSPS) is 16.3. The summed E-state index contributed by atoms with van der Waals surface area (Å²) in [6, 6.07) is 9.69. The predicted molar refractivity (Wildman–Crippen MR) is 82.0 cm³/mol. The first-order valence-electron chi connectivity index (χ1n) is 7.56. The van der Waals surface area contributed by atoms with Crippen LogP contribution in [0.25, 0.3) is 0 Å². The lowest BCUT2D eigenvalue weighted by Gasteiger charge is -2.20. The topological polar surface area (TPSA) is 63.9 Å². The molecule has 2 unspecified atom stereocenters. The summed E-state index contributed by atoms with van der Waals surface area (Å²) in [5.41, 5.74) is 1.13. The highest BCUT2D eigenvalue weighted by molar-refractivity contribution is 5.43. The first-order valence-corrected chi connectivity index (χ1v) is 7.56. The Morgan fingerprint density at radius 1 is 1.18 bits per heavy atom. The minimum Gasteiger partial charge on any atom is -0.486 e. The third kappa shape index (κ3) is 3.61. The van der Waals surface area contributed by atoms with Crippen molar-refractivity contribution in [2.24, 2.45) is 0 Å². The molecule has 0 amide bonds. The predicted octanol–water partition coefficient (Wildman–Crippen LogP) is 2.65. The minimum atomic E-state index is -0.585. The second-order valence-electron chi connectivity index (χ2n) is 5.53. The molecule has 0 saturated carbocycles. The van der Waals surface area contributed by atoms with Gasteiger partial charge in [-0.3, -0.25) is 0 Å². The maximum atomic E-state index is 10.1. The fraction of sp³-hybridized carbons (Fsp3) is 0.412. The van der Waals surface area contributed by atoms with Gasteiger partial charge < -0.3 is 24.3 Å². The van der Waals surface area contributed by atoms with Crippen LogP contribution in [0.1, 0.15) is 30.8 Å². The van der Waals surface area contributed by atoms with Crippen molar-refractivity contribution in [2.45, 2.75) is 32.0 Å². The van der Waals surface area contributed by atoms with Gasteiger partial charge in [-0.25, -0.2) is 0 Å². The number of hydrogen-bond acceptors (Lipinski definition) is 5. The Morgan fingerprint density at radius 3 is 2.77 bits per heavy atom. The van der Waals surface area contributed by atoms with Crippen molar-refractivity contribution >= 4 is 0 Å². The molecule has 0 aliphatic carbocycles. The molecule has 5 nitrogen and oxygen atoms in total. The van der Waals surface area contributed by atoms with E-state index in [0.29, 0.717) is 31.9 Å². The molecule has 2 heterocycles. The lowest BCUT2D eigenvalue weighted by molar-refractivity contribution is 0.128. The quantitative estimate of drug-likeness (QED) is 0.859. The molecule has 0 spiro atoms. The van der Waals surface area contributed by atoms with Gasteiger partial charge in [-0.15, -0.1) is 0 Å². The Balaban J connectivity index is 1.51. The SMILES string of the molecule is CC(CC(O)c1ccco1)NCc1ccc2c(c1)OCCO2. The Morgan fingerprint density at radius 2 is 2.00 bits per heavy atom. The number of furan rings is 1. The van der Waals surface area contributed by atoms with E-state index in [2.05, 4.69) is 5.32 Å². The van der Waals surface area contributed by atoms with Crippen LogP contribution in [-0.4, -0.2) is 24.4 Å². The summed E-state index contributed by atoms with van der Waals surface area (Å²) in [4.78, 5) is 0. The molecule has 1 aromatic heterocycles. The van der Waals surface area contributed by atoms with E-state index in [0.717, 1.165) is 17.1 Å². The molecule has 0 radical (unpaired) electrons. The fourth-order valence-corrected chi connectivity index (χ4v) is 2.51. The molecule has 1 aliphatic heterocycles. The molecule has 1 aromatic carbocycles. The Bertz CT molecular complexity index is 597. The Kier molecular flexibility index (Phi) is 4.65. The smallest absolute Gasteiger partial charge is 0.161 e. The van der Waals surface area contributed by atoms with Gasteiger partial charge >= 0.3 is 0 Å². The van der Waals surface area contributed by atoms with Gasteiger partial charge in [0.05, 0.1) is 6.26 Å². The largest absolute Gasteiger partial charge is 0.486 e. The molecule has 3 rings (SSSR count). The van der Waals surface area contributed by atoms with Gasteiger partial charge in [0.15, 0.2) is 11.5 Å². The molecule has 5 heteroatoms. The van der Waals surface area contributed by atoms with Crippen LogP contribution in [0.2, 0.25) is 0 Å². The highest BCUT2D eigenvalue weighted by Gasteiger charge is 2.15. The van der Waals surface area contributed by atoms with Gasteiger partial charge in [0.2, 0.25) is 0 Å². The van der Waals surface area contributed by atoms with Crippen LogP contribution in [0.4, 0.5) is 0 Å². The summed E-state index contributed by atoms with van der Waals surface area (Å²) in [6.07, 6.45) is 1.59. The minimum absolute atomic E-state index is 0.160. The third-order valence-corrected chi connectivity index (χ3v) is 3.71. The van der Waals surface area contributed by atoms with Gasteiger partial charge in [0, 0.05) is 12.6 Å². The summed E-state index contributed by atoms with van der Waals surface area (Å²) < 4.78 is 16.3. The fourth-order valence-electron chi connectivity index (χ4n) is 2.51. The monoisotopic (exact) mass is 303 g/mol. The van der Waals surface area contributed by atoms with Crippen molar-refractivity contribution in [2.75, 3.05) is 13.2 Å². The van der Waals surface area contributed by atoms with Crippen molar-refractivity contribution < 1.29 is 19.0 Å². The van der Waals surface area contributed by atoms with E-state index < -0.39 is 6.10 Å². The molecule has 2 N–H and O–H groups in total. The molecule has 0 saturated heterocycles. The summed E-state index contributed by atoms with van der Waals surface area (Å²) in [6.45, 7) is 3.95. The number of aliphatic hydroxyl groups excluding tert-OH is 1. The highest BCUT2D eigenvalue weighted by Crippen LogP contribution is 2.30. The van der Waals surface area contributed by atoms with Gasteiger partial charge in [0.1, 0.15) is 25.1 Å². The lowest BCUT2D eigenvalue weighted by Crippen LogP contribution is -2.27. The number of aliphatic hydroxyl groups is 1. The van der Waals surface area contributed by atoms with Crippen molar-refractivity contribution in [1.29, 1.82) is 0 Å². The zero-order chi connectivity index (χ0) is 15.4. The second kappa shape index (κ2) is 6.85. The van der Waals surface area contributed by atoms with Crippen LogP contribution in [-0.2, 0) is 6.54 Å². The van der Waals surface area contributed by atoms with Gasteiger partial charge in [-0.2, -0.15) is 0 Å². The van der Waals surface area contributed by atoms with Crippen molar-refractivity contribution in [3.05, 3.63) is 47.9 Å². The molecular formula is C17H21NO4. The van der Waals surface area contributed by atoms with Gasteiger partial charge in [0.25, 0.3) is 0 Å². The Hall–Kier alpha value is -1.98. The Labute approximate surface area is 129 Å². The van der Waals surface area contributed by atoms with E-state index in [-0.39, 0.29) is 6.04 Å². The number of nitrogens with one attached hydrogen (secondary N) is 1. The molecule has 0 fully saturated rings. The van der Waals surface area contributed by atoms with Crippen LogP contribution >= 0.6 is 0 Å². The molecule has 2 atom stereocenters. The van der Waals surface area contributed by atoms with E-state index in [4.69, 9.17) is 13.9 Å². The highest BCUT2D eigenvalue weighted by atomic mass is 16.6. The van der Waals surface area contributed by atoms with E-state index in [1.165, 1.54) is 0 Å². The van der Waals surface area contributed by atoms with Crippen LogP contribution in [0.3, 0.4) is 0 Å². The van der Waals surface area contributed by atoms with E-state index in [9.17, 15) is 5.11 Å². The maximum Gasteiger partial charge on any atom is 0.161 e. The molecule has 2 aromatic rings. The summed E-state index contributed by atoms with van der Waals surface area (Å²) in [5.74, 6) is 2.21. The third-order valence-electron chi connectivity index (χ3n) is 3.71. The molecular weight excluding hydrogens is 282 g/mol. The van der Waals surface area contributed by atoms with E-state index >= 15 is 0 Å². The van der Waals surface area contributed by atoms with Crippen LogP contribution in [0.5, 0.6) is 11.5 Å². The zero-order valence-electron chi connectivity index (χ0n) is 12.6. The van der Waals surface area contributed by atoms with Crippen molar-refractivity contribution in [3.8, 4) is 11.5 Å². The summed E-state index contributed by atoms with van der Waals surface area (Å²) in [7, 11) is 0.